The number of quaternary nitrogens is 1. The van der Waals surface area contributed by atoms with Crippen LogP contribution in [0.5, 0.6) is 0 Å². The molecule has 0 aliphatic rings. The van der Waals surface area contributed by atoms with Crippen LogP contribution in [0.4, 0.5) is 52.7 Å². The first-order valence-electron chi connectivity index (χ1n) is 4.80. The molecule has 0 radical (unpaired) electrons. The summed E-state index contributed by atoms with van der Waals surface area (Å²) in [7, 11) is -7.66. The van der Waals surface area contributed by atoms with Gasteiger partial charge in [-0.3, -0.25) is 0 Å². The quantitative estimate of drug-likeness (QED) is 0.532. The van der Waals surface area contributed by atoms with E-state index in [1.807, 2.05) is 0 Å². The van der Waals surface area contributed by atoms with Gasteiger partial charge in [0.25, 0.3) is 0 Å². The Morgan fingerprint density at radius 1 is 0.792 bits per heavy atom. The van der Waals surface area contributed by atoms with Gasteiger partial charge in [-0.1, -0.05) is 0 Å². The Bertz CT molecular complexity index is 541. The molecule has 0 spiro atoms. The molecule has 1 atom stereocenters. The van der Waals surface area contributed by atoms with Crippen LogP contribution in [0.25, 0.3) is 0 Å². The van der Waals surface area contributed by atoms with Gasteiger partial charge in [0, 0.05) is 0 Å². The molecule has 0 aromatic carbocycles. The molecule has 0 saturated carbocycles. The van der Waals surface area contributed by atoms with Gasteiger partial charge in [0.2, 0.25) is 0 Å². The van der Waals surface area contributed by atoms with Crippen LogP contribution in [0.2, 0.25) is 0 Å². The van der Waals surface area contributed by atoms with E-state index in [4.69, 9.17) is 0 Å². The third kappa shape index (κ3) is 3.98. The van der Waals surface area contributed by atoms with Crippen molar-refractivity contribution in [1.82, 2.24) is 6.15 Å². The van der Waals surface area contributed by atoms with Crippen LogP contribution >= 0.6 is 0 Å². The van der Waals surface area contributed by atoms with E-state index in [9.17, 15) is 65.7 Å². The average molecular weight is 413 g/mol. The SMILES string of the molecule is O=S(=O)([O-])C(F)(F)C(F)(F)C(F)(F)C(F)(F)C(F)CC(F)(F)F.[NH4+]. The number of alkyl halides is 12. The van der Waals surface area contributed by atoms with Crippen molar-refractivity contribution in [3.63, 3.8) is 0 Å². The van der Waals surface area contributed by atoms with E-state index in [-0.39, 0.29) is 6.15 Å². The number of rotatable bonds is 6. The standard InChI is InChI=1S/C7H4F12O3S.H3N/c8-2(1-3(9,10)11)4(12,13)5(14,15)6(16,17)7(18,19)23(20,21)22;/h2H,1H2,(H,20,21,22);1H3. The maximum absolute atomic E-state index is 12.8. The van der Waals surface area contributed by atoms with Gasteiger partial charge in [-0.25, -0.2) is 12.8 Å². The third-order valence-electron chi connectivity index (χ3n) is 2.30. The lowest BCUT2D eigenvalue weighted by molar-refractivity contribution is -0.363. The molecule has 0 rings (SSSR count). The summed E-state index contributed by atoms with van der Waals surface area (Å²) in [6.07, 6.45) is -14.5. The van der Waals surface area contributed by atoms with Gasteiger partial charge in [0.15, 0.2) is 16.3 Å². The monoisotopic (exact) mass is 413 g/mol. The minimum Gasteiger partial charge on any atom is -0.743 e. The van der Waals surface area contributed by atoms with Gasteiger partial charge in [-0.15, -0.1) is 0 Å². The van der Waals surface area contributed by atoms with Gasteiger partial charge < -0.3 is 10.7 Å². The fourth-order valence-corrected chi connectivity index (χ4v) is 1.52. The molecule has 0 aromatic heterocycles. The average Bonchev–Trinajstić information content (AvgIpc) is 2.23. The normalized spacial score (nSPS) is 16.5. The largest absolute Gasteiger partial charge is 0.743 e. The van der Waals surface area contributed by atoms with Crippen molar-refractivity contribution in [2.75, 3.05) is 0 Å². The third-order valence-corrected chi connectivity index (χ3v) is 3.18. The Labute approximate surface area is 125 Å². The molecule has 0 heterocycles. The van der Waals surface area contributed by atoms with Gasteiger partial charge in [0.05, 0.1) is 6.42 Å². The lowest BCUT2D eigenvalue weighted by Gasteiger charge is -2.38. The van der Waals surface area contributed by atoms with E-state index >= 15 is 0 Å². The van der Waals surface area contributed by atoms with Gasteiger partial charge >= 0.3 is 29.2 Å². The lowest BCUT2D eigenvalue weighted by atomic mass is 9.98. The van der Waals surface area contributed by atoms with Crippen LogP contribution in [-0.2, 0) is 10.1 Å². The molecule has 4 N–H and O–H groups in total. The maximum Gasteiger partial charge on any atom is 0.402 e. The summed E-state index contributed by atoms with van der Waals surface area (Å²) in [4.78, 5) is 0. The van der Waals surface area contributed by atoms with Crippen molar-refractivity contribution in [2.45, 2.75) is 41.8 Å². The van der Waals surface area contributed by atoms with Crippen molar-refractivity contribution >= 4 is 10.1 Å². The van der Waals surface area contributed by atoms with Crippen LogP contribution in [0.1, 0.15) is 6.42 Å². The molecule has 0 saturated heterocycles. The summed E-state index contributed by atoms with van der Waals surface area (Å²) in [6, 6.07) is 0. The predicted octanol–water partition coefficient (Wildman–Crippen LogP) is 3.70. The fraction of sp³-hybridized carbons (Fsp3) is 1.00. The highest BCUT2D eigenvalue weighted by Gasteiger charge is 2.84. The summed E-state index contributed by atoms with van der Waals surface area (Å²) < 4.78 is 179. The maximum atomic E-state index is 12.8. The van der Waals surface area contributed by atoms with E-state index in [2.05, 4.69) is 0 Å². The summed E-state index contributed by atoms with van der Waals surface area (Å²) in [5, 5.41) is -7.36. The van der Waals surface area contributed by atoms with Gasteiger partial charge in [-0.05, 0) is 0 Å². The summed E-state index contributed by atoms with van der Waals surface area (Å²) >= 11 is 0. The molecule has 148 valence electrons. The summed E-state index contributed by atoms with van der Waals surface area (Å²) in [5.74, 6) is -22.4. The van der Waals surface area contributed by atoms with Crippen LogP contribution in [0, 0.1) is 0 Å². The smallest absolute Gasteiger partial charge is 0.402 e. The zero-order valence-electron chi connectivity index (χ0n) is 11.0. The first-order valence-corrected chi connectivity index (χ1v) is 6.21. The molecule has 0 aliphatic heterocycles. The molecule has 1 unspecified atom stereocenters. The fourth-order valence-electron chi connectivity index (χ4n) is 1.08. The second-order valence-corrected chi connectivity index (χ2v) is 5.45. The van der Waals surface area contributed by atoms with Crippen LogP contribution in [-0.4, -0.2) is 48.3 Å². The Morgan fingerprint density at radius 3 is 1.38 bits per heavy atom. The highest BCUT2D eigenvalue weighted by Crippen LogP contribution is 2.56. The van der Waals surface area contributed by atoms with Crippen molar-refractivity contribution in [3.8, 4) is 0 Å². The molecule has 0 aliphatic carbocycles. The number of hydrogen-bond donors (Lipinski definition) is 1. The number of halogens is 12. The predicted molar refractivity (Wildman–Crippen MR) is 51.0 cm³/mol. The molecule has 17 heteroatoms. The van der Waals surface area contributed by atoms with Crippen molar-refractivity contribution < 1.29 is 65.7 Å². The second kappa shape index (κ2) is 6.40. The molecule has 0 bridgehead atoms. The lowest BCUT2D eigenvalue weighted by Crippen LogP contribution is -2.66. The molecule has 0 fully saturated rings. The first kappa shape index (κ1) is 25.3. The van der Waals surface area contributed by atoms with E-state index < -0.39 is 51.9 Å². The zero-order valence-corrected chi connectivity index (χ0v) is 11.8. The van der Waals surface area contributed by atoms with E-state index in [1.165, 1.54) is 0 Å². The Kier molecular flexibility index (Phi) is 6.73. The topological polar surface area (TPSA) is 93.7 Å². The molecule has 0 aromatic rings. The van der Waals surface area contributed by atoms with Crippen molar-refractivity contribution in [2.24, 2.45) is 0 Å². The number of hydrogen-bond acceptors (Lipinski definition) is 3. The molecular weight excluding hydrogens is 406 g/mol. The van der Waals surface area contributed by atoms with E-state index in [0.29, 0.717) is 0 Å². The zero-order chi connectivity index (χ0) is 19.3. The molecular formula is C7H7F12NO3S. The highest BCUT2D eigenvalue weighted by molar-refractivity contribution is 7.86. The van der Waals surface area contributed by atoms with Crippen LogP contribution < -0.4 is 6.15 Å². The van der Waals surface area contributed by atoms with Gasteiger partial charge in [0.1, 0.15) is 0 Å². The molecule has 4 nitrogen and oxygen atoms in total. The molecule has 0 amide bonds. The van der Waals surface area contributed by atoms with E-state index in [1.54, 1.807) is 0 Å². The Balaban J connectivity index is 0. The minimum absolute atomic E-state index is 0. The molecule has 24 heavy (non-hydrogen) atoms. The van der Waals surface area contributed by atoms with E-state index in [0.717, 1.165) is 0 Å². The minimum atomic E-state index is -7.71. The second-order valence-electron chi connectivity index (χ2n) is 4.03. The van der Waals surface area contributed by atoms with Gasteiger partial charge in [-0.2, -0.15) is 48.3 Å². The van der Waals surface area contributed by atoms with Crippen LogP contribution in [0.15, 0.2) is 0 Å². The highest BCUT2D eigenvalue weighted by atomic mass is 32.2. The summed E-state index contributed by atoms with van der Waals surface area (Å²) in [6.45, 7) is 0. The van der Waals surface area contributed by atoms with Crippen molar-refractivity contribution in [3.05, 3.63) is 0 Å². The first-order chi connectivity index (χ1) is 9.63. The summed E-state index contributed by atoms with van der Waals surface area (Å²) in [5.41, 5.74) is 0. The Hall–Kier alpha value is -0.970. The Morgan fingerprint density at radius 2 is 1.12 bits per heavy atom. The van der Waals surface area contributed by atoms with Crippen LogP contribution in [0.3, 0.4) is 0 Å². The van der Waals surface area contributed by atoms with Crippen molar-refractivity contribution in [1.29, 1.82) is 0 Å².